The number of aliphatic hydroxyl groups is 3. The molecule has 1 aliphatic rings. The summed E-state index contributed by atoms with van der Waals surface area (Å²) in [6.45, 7) is -0.0325. The number of allylic oxidation sites excluding steroid dienone is 2. The van der Waals surface area contributed by atoms with Crippen LogP contribution in [0.1, 0.15) is 30.0 Å². The Morgan fingerprint density at radius 3 is 2.28 bits per heavy atom. The maximum absolute atomic E-state index is 14.0. The summed E-state index contributed by atoms with van der Waals surface area (Å²) in [6.07, 6.45) is 3.42. The quantitative estimate of drug-likeness (QED) is 0.452. The van der Waals surface area contributed by atoms with E-state index in [4.69, 9.17) is 0 Å². The van der Waals surface area contributed by atoms with E-state index >= 15 is 0 Å². The third-order valence-corrected chi connectivity index (χ3v) is 6.56. The Hall–Kier alpha value is -2.49. The molecule has 1 unspecified atom stereocenters. The fourth-order valence-electron chi connectivity index (χ4n) is 3.67. The Balaban J connectivity index is 1.97. The molecule has 1 aliphatic carbocycles. The van der Waals surface area contributed by atoms with Crippen molar-refractivity contribution in [2.24, 2.45) is 0 Å². The van der Waals surface area contributed by atoms with Crippen molar-refractivity contribution in [3.8, 4) is 0 Å². The number of fused-ring (bicyclic) bond motifs is 1. The Bertz CT molecular complexity index is 1050. The predicted molar refractivity (Wildman–Crippen MR) is 122 cm³/mol. The van der Waals surface area contributed by atoms with E-state index < -0.39 is 48.3 Å². The second-order valence-corrected chi connectivity index (χ2v) is 9.23. The van der Waals surface area contributed by atoms with Crippen LogP contribution in [-0.4, -0.2) is 57.4 Å². The molecule has 1 amide bonds. The molecule has 0 heterocycles. The molecule has 3 rings (SSSR count). The molecule has 0 radical (unpaired) electrons. The number of halogens is 1. The normalized spacial score (nSPS) is 15.8. The van der Waals surface area contributed by atoms with Gasteiger partial charge in [-0.2, -0.15) is 0 Å². The van der Waals surface area contributed by atoms with Gasteiger partial charge in [0, 0.05) is 0 Å². The number of carbonyl (C=O) groups is 1. The van der Waals surface area contributed by atoms with Gasteiger partial charge < -0.3 is 25.2 Å². The Morgan fingerprint density at radius 2 is 1.72 bits per heavy atom. The van der Waals surface area contributed by atoms with E-state index in [1.54, 1.807) is 24.5 Å². The fraction of sp³-hybridized carbons (Fsp3) is 0.292. The molecule has 0 aromatic heterocycles. The highest BCUT2D eigenvalue weighted by molar-refractivity contribution is 7.90. The van der Waals surface area contributed by atoms with Crippen molar-refractivity contribution in [1.82, 2.24) is 5.32 Å². The van der Waals surface area contributed by atoms with Gasteiger partial charge in [-0.05, 0) is 94.0 Å². The second-order valence-electron chi connectivity index (χ2n) is 7.85. The minimum Gasteiger partial charge on any atom is -0.612 e. The summed E-state index contributed by atoms with van der Waals surface area (Å²) in [7, 11) is 0. The Labute approximate surface area is 189 Å². The summed E-state index contributed by atoms with van der Waals surface area (Å²) in [4.78, 5) is 13.4. The molecule has 6 nitrogen and oxygen atoms in total. The number of hydrogen-bond acceptors (Lipinski definition) is 5. The van der Waals surface area contributed by atoms with Crippen LogP contribution in [0.2, 0.25) is 0 Å². The summed E-state index contributed by atoms with van der Waals surface area (Å²) in [5.74, 6) is -0.941. The molecule has 4 N–H and O–H groups in total. The molecule has 0 saturated carbocycles. The van der Waals surface area contributed by atoms with Crippen LogP contribution in [0.3, 0.4) is 0 Å². The number of rotatable bonds is 8. The van der Waals surface area contributed by atoms with Gasteiger partial charge in [0.25, 0.3) is 0 Å². The highest BCUT2D eigenvalue weighted by atomic mass is 32.2. The monoisotopic (exact) mass is 459 g/mol. The molecule has 8 heteroatoms. The van der Waals surface area contributed by atoms with Gasteiger partial charge in [-0.15, -0.1) is 0 Å². The highest BCUT2D eigenvalue weighted by Gasteiger charge is 2.32. The predicted octanol–water partition coefficient (Wildman–Crippen LogP) is 2.11. The maximum atomic E-state index is 14.0. The van der Waals surface area contributed by atoms with Crippen molar-refractivity contribution in [1.29, 1.82) is 0 Å². The van der Waals surface area contributed by atoms with Gasteiger partial charge in [0.15, 0.2) is 4.90 Å². The lowest BCUT2D eigenvalue weighted by molar-refractivity contribution is -0.124. The van der Waals surface area contributed by atoms with Crippen LogP contribution in [0.25, 0.3) is 17.2 Å². The van der Waals surface area contributed by atoms with Crippen molar-refractivity contribution >= 4 is 34.3 Å². The molecule has 0 aliphatic heterocycles. The van der Waals surface area contributed by atoms with Crippen molar-refractivity contribution < 1.29 is 29.1 Å². The molecule has 2 aromatic rings. The Morgan fingerprint density at radius 1 is 1.09 bits per heavy atom. The van der Waals surface area contributed by atoms with E-state index in [-0.39, 0.29) is 6.42 Å². The van der Waals surface area contributed by atoms with E-state index in [0.29, 0.717) is 16.0 Å². The zero-order valence-electron chi connectivity index (χ0n) is 17.9. The first kappa shape index (κ1) is 24.2. The Kier molecular flexibility index (Phi) is 7.53. The third-order valence-electron chi connectivity index (χ3n) is 5.63. The number of aliphatic hydroxyl groups excluding tert-OH is 3. The number of nitrogens with one attached hydrogen (secondary N) is 1. The van der Waals surface area contributed by atoms with Gasteiger partial charge in [-0.3, -0.25) is 4.79 Å². The summed E-state index contributed by atoms with van der Waals surface area (Å²) in [5, 5.41) is 30.9. The highest BCUT2D eigenvalue weighted by Crippen LogP contribution is 2.43. The zero-order valence-corrected chi connectivity index (χ0v) is 18.7. The third kappa shape index (κ3) is 4.95. The SMILES string of the molecule is CC1=C(CC(=O)NC(CO)(CO)CO)c2cc(F)ccc2C1=Cc1ccc([S+](C)[O-])cc1. The molecule has 0 bridgehead atoms. The topological polar surface area (TPSA) is 113 Å². The molecule has 0 fully saturated rings. The summed E-state index contributed by atoms with van der Waals surface area (Å²) in [5.41, 5.74) is 2.98. The first-order valence-electron chi connectivity index (χ1n) is 10.0. The summed E-state index contributed by atoms with van der Waals surface area (Å²) >= 11 is -1.08. The number of carbonyl (C=O) groups excluding carboxylic acids is 1. The lowest BCUT2D eigenvalue weighted by atomic mass is 9.99. The second kappa shape index (κ2) is 9.97. The minimum absolute atomic E-state index is 0.116. The van der Waals surface area contributed by atoms with E-state index in [1.807, 2.05) is 25.1 Å². The standard InChI is InChI=1S/C24H26FNO5S/c1-15-20(9-16-3-6-18(7-4-16)32(2)31)19-8-5-17(25)10-22(19)21(15)11-23(30)26-24(12-27,13-28)14-29/h3-10,27-29H,11-14H2,1-2H3,(H,26,30). The maximum Gasteiger partial charge on any atom is 0.225 e. The van der Waals surface area contributed by atoms with Crippen LogP contribution in [0.4, 0.5) is 4.39 Å². The van der Waals surface area contributed by atoms with Crippen molar-refractivity contribution in [2.75, 3.05) is 26.1 Å². The first-order chi connectivity index (χ1) is 15.2. The molecule has 32 heavy (non-hydrogen) atoms. The first-order valence-corrected chi connectivity index (χ1v) is 11.6. The van der Waals surface area contributed by atoms with Crippen LogP contribution in [0.5, 0.6) is 0 Å². The van der Waals surface area contributed by atoms with Gasteiger partial charge in [0.2, 0.25) is 5.91 Å². The number of amides is 1. The van der Waals surface area contributed by atoms with E-state index in [2.05, 4.69) is 5.32 Å². The van der Waals surface area contributed by atoms with Gasteiger partial charge in [0.05, 0.1) is 26.2 Å². The fourth-order valence-corrected chi connectivity index (χ4v) is 4.19. The molecule has 0 saturated heterocycles. The van der Waals surface area contributed by atoms with E-state index in [1.165, 1.54) is 12.1 Å². The average Bonchev–Trinajstić information content (AvgIpc) is 3.03. The largest absolute Gasteiger partial charge is 0.612 e. The number of benzene rings is 2. The van der Waals surface area contributed by atoms with Crippen molar-refractivity contribution in [2.45, 2.75) is 23.8 Å². The van der Waals surface area contributed by atoms with Gasteiger partial charge in [-0.1, -0.05) is 6.07 Å². The molecule has 170 valence electrons. The smallest absolute Gasteiger partial charge is 0.225 e. The van der Waals surface area contributed by atoms with E-state index in [0.717, 1.165) is 22.3 Å². The van der Waals surface area contributed by atoms with Gasteiger partial charge in [-0.25, -0.2) is 4.39 Å². The lowest BCUT2D eigenvalue weighted by Crippen LogP contribution is -2.57. The summed E-state index contributed by atoms with van der Waals surface area (Å²) < 4.78 is 25.7. The van der Waals surface area contributed by atoms with Crippen LogP contribution in [0.15, 0.2) is 52.9 Å². The van der Waals surface area contributed by atoms with Crippen LogP contribution in [-0.2, 0) is 16.0 Å². The van der Waals surface area contributed by atoms with Crippen molar-refractivity contribution in [3.05, 3.63) is 70.5 Å². The lowest BCUT2D eigenvalue weighted by Gasteiger charge is -2.28. The van der Waals surface area contributed by atoms with Crippen LogP contribution < -0.4 is 5.32 Å². The van der Waals surface area contributed by atoms with Crippen LogP contribution >= 0.6 is 0 Å². The average molecular weight is 460 g/mol. The van der Waals surface area contributed by atoms with E-state index in [9.17, 15) is 29.1 Å². The zero-order chi connectivity index (χ0) is 23.5. The minimum atomic E-state index is -1.53. The molecule has 1 atom stereocenters. The van der Waals surface area contributed by atoms with Crippen LogP contribution in [0, 0.1) is 5.82 Å². The van der Waals surface area contributed by atoms with Gasteiger partial charge >= 0.3 is 0 Å². The van der Waals surface area contributed by atoms with Crippen molar-refractivity contribution in [3.63, 3.8) is 0 Å². The molecule has 2 aromatic carbocycles. The summed E-state index contributed by atoms with van der Waals surface area (Å²) in [6, 6.07) is 11.7. The molecular weight excluding hydrogens is 433 g/mol. The molecular formula is C24H26FNO5S. The van der Waals surface area contributed by atoms with Gasteiger partial charge in [0.1, 0.15) is 17.6 Å². The number of hydrogen-bond donors (Lipinski definition) is 4. The molecule has 0 spiro atoms.